The van der Waals surface area contributed by atoms with Gasteiger partial charge in [-0.1, -0.05) is 37.5 Å². The van der Waals surface area contributed by atoms with Crippen LogP contribution in [-0.2, 0) is 7.05 Å². The number of nitrogens with one attached hydrogen (secondary N) is 1. The summed E-state index contributed by atoms with van der Waals surface area (Å²) in [6, 6.07) is 8.94. The van der Waals surface area contributed by atoms with Gasteiger partial charge in [0.15, 0.2) is 0 Å². The van der Waals surface area contributed by atoms with Crippen molar-refractivity contribution in [2.45, 2.75) is 38.1 Å². The summed E-state index contributed by atoms with van der Waals surface area (Å²) in [5, 5.41) is 9.61. The first kappa shape index (κ1) is 12.7. The van der Waals surface area contributed by atoms with Crippen LogP contribution >= 0.6 is 0 Å². The van der Waals surface area contributed by atoms with Crippen LogP contribution in [0.4, 0.5) is 0 Å². The Labute approximate surface area is 115 Å². The van der Waals surface area contributed by atoms with E-state index in [-0.39, 0.29) is 0 Å². The standard InChI is InChI=1S/C16H23N3/c1-17-15(12-8-4-3-5-9-12)16-13-10-6-7-11-14(13)19(2)18-16/h6-7,10-12,15,17H,3-5,8-9H2,1-2H3. The molecule has 1 N–H and O–H groups in total. The van der Waals surface area contributed by atoms with Gasteiger partial charge in [0.25, 0.3) is 0 Å². The topological polar surface area (TPSA) is 29.9 Å². The highest BCUT2D eigenvalue weighted by atomic mass is 15.3. The average Bonchev–Trinajstić information content (AvgIpc) is 2.79. The van der Waals surface area contributed by atoms with Crippen LogP contribution in [0.1, 0.15) is 43.8 Å². The third-order valence-electron chi connectivity index (χ3n) is 4.51. The van der Waals surface area contributed by atoms with Crippen molar-refractivity contribution in [1.82, 2.24) is 15.1 Å². The number of hydrogen-bond donors (Lipinski definition) is 1. The van der Waals surface area contributed by atoms with E-state index in [1.807, 2.05) is 11.7 Å². The predicted octanol–water partition coefficient (Wildman–Crippen LogP) is 3.41. The van der Waals surface area contributed by atoms with Crippen LogP contribution in [0.15, 0.2) is 24.3 Å². The van der Waals surface area contributed by atoms with Crippen molar-refractivity contribution in [1.29, 1.82) is 0 Å². The van der Waals surface area contributed by atoms with Crippen molar-refractivity contribution in [2.75, 3.05) is 7.05 Å². The van der Waals surface area contributed by atoms with Crippen LogP contribution in [0, 0.1) is 5.92 Å². The quantitative estimate of drug-likeness (QED) is 0.913. The molecule has 0 spiro atoms. The molecule has 0 aliphatic heterocycles. The fraction of sp³-hybridized carbons (Fsp3) is 0.562. The number of hydrogen-bond acceptors (Lipinski definition) is 2. The second kappa shape index (κ2) is 5.33. The highest BCUT2D eigenvalue weighted by molar-refractivity contribution is 5.82. The molecule has 0 bridgehead atoms. The van der Waals surface area contributed by atoms with Crippen molar-refractivity contribution in [3.05, 3.63) is 30.0 Å². The van der Waals surface area contributed by atoms with E-state index in [1.54, 1.807) is 0 Å². The van der Waals surface area contributed by atoms with Gasteiger partial charge in [-0.2, -0.15) is 5.10 Å². The maximum atomic E-state index is 4.79. The SMILES string of the molecule is CNC(c1nn(C)c2ccccc12)C1CCCCC1. The lowest BCUT2D eigenvalue weighted by atomic mass is 9.82. The molecule has 3 rings (SSSR count). The summed E-state index contributed by atoms with van der Waals surface area (Å²) in [6.07, 6.45) is 6.80. The van der Waals surface area contributed by atoms with Crippen molar-refractivity contribution in [3.63, 3.8) is 0 Å². The van der Waals surface area contributed by atoms with Crippen molar-refractivity contribution < 1.29 is 0 Å². The molecule has 1 heterocycles. The molecule has 3 heteroatoms. The first-order chi connectivity index (χ1) is 9.31. The molecule has 1 aromatic heterocycles. The molecule has 1 aliphatic rings. The van der Waals surface area contributed by atoms with Crippen LogP contribution in [0.5, 0.6) is 0 Å². The number of aromatic nitrogens is 2. The van der Waals surface area contributed by atoms with Gasteiger partial charge in [0.05, 0.1) is 17.3 Å². The molecule has 0 saturated heterocycles. The Morgan fingerprint density at radius 3 is 2.68 bits per heavy atom. The second-order valence-electron chi connectivity index (χ2n) is 5.69. The van der Waals surface area contributed by atoms with E-state index < -0.39 is 0 Å². The van der Waals surface area contributed by atoms with E-state index in [9.17, 15) is 0 Å². The predicted molar refractivity (Wildman–Crippen MR) is 79.1 cm³/mol. The van der Waals surface area contributed by atoms with Gasteiger partial charge >= 0.3 is 0 Å². The molecule has 0 radical (unpaired) electrons. The normalized spacial score (nSPS) is 18.8. The highest BCUT2D eigenvalue weighted by Crippen LogP contribution is 2.36. The molecule has 1 aromatic carbocycles. The lowest BCUT2D eigenvalue weighted by Crippen LogP contribution is -2.27. The van der Waals surface area contributed by atoms with Crippen LogP contribution in [0.25, 0.3) is 10.9 Å². The molecule has 1 saturated carbocycles. The maximum absolute atomic E-state index is 4.79. The summed E-state index contributed by atoms with van der Waals surface area (Å²) in [5.74, 6) is 0.733. The largest absolute Gasteiger partial charge is 0.311 e. The molecular formula is C16H23N3. The molecule has 1 unspecified atom stereocenters. The number of rotatable bonds is 3. The maximum Gasteiger partial charge on any atom is 0.0875 e. The number of nitrogens with zero attached hydrogens (tertiary/aromatic N) is 2. The molecule has 1 fully saturated rings. The fourth-order valence-electron chi connectivity index (χ4n) is 3.53. The van der Waals surface area contributed by atoms with E-state index in [0.29, 0.717) is 6.04 Å². The van der Waals surface area contributed by atoms with Crippen LogP contribution in [0.2, 0.25) is 0 Å². The van der Waals surface area contributed by atoms with E-state index in [2.05, 4.69) is 36.6 Å². The Hall–Kier alpha value is -1.35. The van der Waals surface area contributed by atoms with Crippen molar-refractivity contribution >= 4 is 10.9 Å². The smallest absolute Gasteiger partial charge is 0.0875 e. The Morgan fingerprint density at radius 1 is 1.21 bits per heavy atom. The van der Waals surface area contributed by atoms with Gasteiger partial charge in [0, 0.05) is 12.4 Å². The molecule has 3 nitrogen and oxygen atoms in total. The highest BCUT2D eigenvalue weighted by Gasteiger charge is 2.27. The molecular weight excluding hydrogens is 234 g/mol. The third kappa shape index (κ3) is 2.27. The monoisotopic (exact) mass is 257 g/mol. The number of aryl methyl sites for hydroxylation is 1. The second-order valence-corrected chi connectivity index (χ2v) is 5.69. The minimum absolute atomic E-state index is 0.395. The molecule has 2 aromatic rings. The number of para-hydroxylation sites is 1. The lowest BCUT2D eigenvalue weighted by molar-refractivity contribution is 0.278. The van der Waals surface area contributed by atoms with E-state index in [0.717, 1.165) is 5.92 Å². The minimum Gasteiger partial charge on any atom is -0.311 e. The lowest BCUT2D eigenvalue weighted by Gasteiger charge is -2.29. The van der Waals surface area contributed by atoms with E-state index in [1.165, 1.54) is 48.7 Å². The van der Waals surface area contributed by atoms with Crippen LogP contribution < -0.4 is 5.32 Å². The average molecular weight is 257 g/mol. The Kier molecular flexibility index (Phi) is 3.56. The van der Waals surface area contributed by atoms with Crippen LogP contribution in [-0.4, -0.2) is 16.8 Å². The van der Waals surface area contributed by atoms with Gasteiger partial charge in [0.2, 0.25) is 0 Å². The molecule has 0 amide bonds. The zero-order valence-corrected chi connectivity index (χ0v) is 11.9. The van der Waals surface area contributed by atoms with E-state index in [4.69, 9.17) is 5.10 Å². The third-order valence-corrected chi connectivity index (χ3v) is 4.51. The summed E-state index contributed by atoms with van der Waals surface area (Å²) in [7, 11) is 4.11. The molecule has 102 valence electrons. The zero-order chi connectivity index (χ0) is 13.2. The Bertz CT molecular complexity index is 552. The van der Waals surface area contributed by atoms with Crippen molar-refractivity contribution in [2.24, 2.45) is 13.0 Å². The summed E-state index contributed by atoms with van der Waals surface area (Å²) >= 11 is 0. The molecule has 1 atom stereocenters. The minimum atomic E-state index is 0.395. The van der Waals surface area contributed by atoms with Gasteiger partial charge in [-0.15, -0.1) is 0 Å². The zero-order valence-electron chi connectivity index (χ0n) is 11.9. The van der Waals surface area contributed by atoms with E-state index >= 15 is 0 Å². The number of benzene rings is 1. The van der Waals surface area contributed by atoms with Gasteiger partial charge in [-0.25, -0.2) is 0 Å². The molecule has 1 aliphatic carbocycles. The summed E-state index contributed by atoms with van der Waals surface area (Å²) in [4.78, 5) is 0. The Balaban J connectivity index is 2.01. The van der Waals surface area contributed by atoms with Crippen LogP contribution in [0.3, 0.4) is 0 Å². The Morgan fingerprint density at radius 2 is 1.95 bits per heavy atom. The summed E-state index contributed by atoms with van der Waals surface area (Å²) < 4.78 is 2.01. The molecule has 19 heavy (non-hydrogen) atoms. The first-order valence-corrected chi connectivity index (χ1v) is 7.40. The van der Waals surface area contributed by atoms with Gasteiger partial charge in [-0.05, 0) is 31.9 Å². The first-order valence-electron chi connectivity index (χ1n) is 7.40. The summed E-state index contributed by atoms with van der Waals surface area (Å²) in [6.45, 7) is 0. The van der Waals surface area contributed by atoms with Gasteiger partial charge < -0.3 is 5.32 Å². The van der Waals surface area contributed by atoms with Gasteiger partial charge in [-0.3, -0.25) is 4.68 Å². The van der Waals surface area contributed by atoms with Gasteiger partial charge in [0.1, 0.15) is 0 Å². The number of fused-ring (bicyclic) bond motifs is 1. The van der Waals surface area contributed by atoms with Crippen molar-refractivity contribution in [3.8, 4) is 0 Å². The fourth-order valence-corrected chi connectivity index (χ4v) is 3.53. The summed E-state index contributed by atoms with van der Waals surface area (Å²) in [5.41, 5.74) is 2.46.